The first-order valence-corrected chi connectivity index (χ1v) is 8.52. The van der Waals surface area contributed by atoms with E-state index < -0.39 is 0 Å². The van der Waals surface area contributed by atoms with Gasteiger partial charge >= 0.3 is 0 Å². The molecule has 126 valence electrons. The Morgan fingerprint density at radius 2 is 1.92 bits per heavy atom. The van der Waals surface area contributed by atoms with E-state index in [1.54, 1.807) is 0 Å². The van der Waals surface area contributed by atoms with Gasteiger partial charge in [-0.2, -0.15) is 0 Å². The molecular weight excluding hydrogens is 298 g/mol. The lowest BCUT2D eigenvalue weighted by Crippen LogP contribution is -2.28. The number of aliphatic imine (C=N–C) groups is 1. The van der Waals surface area contributed by atoms with Crippen LogP contribution in [-0.2, 0) is 4.74 Å². The Kier molecular flexibility index (Phi) is 5.49. The lowest BCUT2D eigenvalue weighted by atomic mass is 9.89. The van der Waals surface area contributed by atoms with Crippen molar-refractivity contribution in [1.29, 1.82) is 0 Å². The van der Waals surface area contributed by atoms with Crippen LogP contribution in [0.2, 0.25) is 0 Å². The number of hydrogen-bond acceptors (Lipinski definition) is 2. The molecule has 3 N–H and O–H groups in total. The van der Waals surface area contributed by atoms with Crippen LogP contribution in [0.3, 0.4) is 0 Å². The molecule has 0 radical (unpaired) electrons. The van der Waals surface area contributed by atoms with Gasteiger partial charge in [-0.05, 0) is 37.5 Å². The summed E-state index contributed by atoms with van der Waals surface area (Å²) in [4.78, 5) is 4.54. The van der Waals surface area contributed by atoms with Gasteiger partial charge in [-0.1, -0.05) is 48.0 Å². The van der Waals surface area contributed by atoms with Crippen molar-refractivity contribution < 1.29 is 4.74 Å². The van der Waals surface area contributed by atoms with E-state index in [-0.39, 0.29) is 6.10 Å². The second-order valence-corrected chi connectivity index (χ2v) is 6.32. The summed E-state index contributed by atoms with van der Waals surface area (Å²) in [6, 6.07) is 18.5. The zero-order chi connectivity index (χ0) is 16.8. The number of nitrogens with two attached hydrogens (primary N) is 1. The fraction of sp³-hybridized carbons (Fsp3) is 0.350. The maximum Gasteiger partial charge on any atom is 0.193 e. The highest BCUT2D eigenvalue weighted by Crippen LogP contribution is 2.33. The molecule has 0 aromatic heterocycles. The van der Waals surface area contributed by atoms with E-state index in [1.807, 2.05) is 30.3 Å². The first-order valence-electron chi connectivity index (χ1n) is 8.52. The van der Waals surface area contributed by atoms with E-state index >= 15 is 0 Å². The van der Waals surface area contributed by atoms with Crippen molar-refractivity contribution in [3.05, 3.63) is 65.7 Å². The second kappa shape index (κ2) is 7.97. The first kappa shape index (κ1) is 16.5. The number of guanidine groups is 1. The van der Waals surface area contributed by atoms with Crippen LogP contribution < -0.4 is 11.1 Å². The summed E-state index contributed by atoms with van der Waals surface area (Å²) in [5, 5.41) is 3.13. The quantitative estimate of drug-likeness (QED) is 0.663. The largest absolute Gasteiger partial charge is 0.373 e. The van der Waals surface area contributed by atoms with E-state index in [2.05, 4.69) is 41.5 Å². The number of para-hydroxylation sites is 1. The minimum atomic E-state index is 0.104. The van der Waals surface area contributed by atoms with E-state index in [0.29, 0.717) is 18.4 Å². The van der Waals surface area contributed by atoms with Crippen molar-refractivity contribution in [2.24, 2.45) is 16.6 Å². The Labute approximate surface area is 143 Å². The van der Waals surface area contributed by atoms with Crippen LogP contribution in [-0.4, -0.2) is 19.1 Å². The van der Waals surface area contributed by atoms with Crippen LogP contribution in [0.1, 0.15) is 30.1 Å². The smallest absolute Gasteiger partial charge is 0.193 e. The van der Waals surface area contributed by atoms with E-state index in [9.17, 15) is 0 Å². The number of nitrogens with zero attached hydrogens (tertiary/aromatic N) is 1. The van der Waals surface area contributed by atoms with Gasteiger partial charge in [0.1, 0.15) is 0 Å². The molecule has 2 atom stereocenters. The van der Waals surface area contributed by atoms with Crippen molar-refractivity contribution in [1.82, 2.24) is 0 Å². The fourth-order valence-electron chi connectivity index (χ4n) is 3.08. The average molecular weight is 323 g/mol. The number of aryl methyl sites for hydroxylation is 1. The van der Waals surface area contributed by atoms with Gasteiger partial charge in [0, 0.05) is 24.8 Å². The Bertz CT molecular complexity index is 667. The van der Waals surface area contributed by atoms with E-state index in [0.717, 1.165) is 25.1 Å². The van der Waals surface area contributed by atoms with Gasteiger partial charge in [-0.15, -0.1) is 0 Å². The van der Waals surface area contributed by atoms with Crippen LogP contribution in [0.5, 0.6) is 0 Å². The number of nitrogens with one attached hydrogen (secondary N) is 1. The summed E-state index contributed by atoms with van der Waals surface area (Å²) in [5.41, 5.74) is 9.47. The zero-order valence-electron chi connectivity index (χ0n) is 14.1. The van der Waals surface area contributed by atoms with E-state index in [1.165, 1.54) is 11.1 Å². The molecule has 2 aromatic rings. The third-order valence-electron chi connectivity index (χ3n) is 4.39. The molecule has 24 heavy (non-hydrogen) atoms. The summed E-state index contributed by atoms with van der Waals surface area (Å²) < 4.78 is 6.04. The lowest BCUT2D eigenvalue weighted by molar-refractivity contribution is -0.0250. The molecule has 3 rings (SSSR count). The highest BCUT2D eigenvalue weighted by atomic mass is 16.5. The predicted octanol–water partition coefficient (Wildman–Crippen LogP) is 3.89. The SMILES string of the molecule is Cc1ccc(C2OCCCC2CN=C(N)Nc2ccccc2)cc1. The standard InChI is InChI=1S/C20H25N3O/c1-15-9-11-16(12-10-15)19-17(6-5-13-24-19)14-22-20(21)23-18-7-3-2-4-8-18/h2-4,7-12,17,19H,5-6,13-14H2,1H3,(H3,21,22,23). The van der Waals surface area contributed by atoms with Crippen molar-refractivity contribution in [3.63, 3.8) is 0 Å². The molecule has 4 heteroatoms. The van der Waals surface area contributed by atoms with Crippen LogP contribution in [0.15, 0.2) is 59.6 Å². The molecule has 0 aliphatic carbocycles. The molecule has 1 aliphatic heterocycles. The van der Waals surface area contributed by atoms with Gasteiger partial charge < -0.3 is 15.8 Å². The summed E-state index contributed by atoms with van der Waals surface area (Å²) in [6.07, 6.45) is 2.29. The molecule has 1 aliphatic rings. The number of anilines is 1. The molecule has 2 aromatic carbocycles. The third-order valence-corrected chi connectivity index (χ3v) is 4.39. The van der Waals surface area contributed by atoms with E-state index in [4.69, 9.17) is 10.5 Å². The normalized spacial score (nSPS) is 21.5. The Balaban J connectivity index is 1.65. The highest BCUT2D eigenvalue weighted by molar-refractivity contribution is 5.92. The molecule has 1 saturated heterocycles. The monoisotopic (exact) mass is 323 g/mol. The minimum absolute atomic E-state index is 0.104. The molecule has 4 nitrogen and oxygen atoms in total. The highest BCUT2D eigenvalue weighted by Gasteiger charge is 2.27. The first-order chi connectivity index (χ1) is 11.7. The summed E-state index contributed by atoms with van der Waals surface area (Å²) in [5.74, 6) is 0.812. The summed E-state index contributed by atoms with van der Waals surface area (Å²) >= 11 is 0. The topological polar surface area (TPSA) is 59.6 Å². The van der Waals surface area contributed by atoms with Crippen LogP contribution >= 0.6 is 0 Å². The molecule has 0 bridgehead atoms. The summed E-state index contributed by atoms with van der Waals surface area (Å²) in [6.45, 7) is 3.59. The van der Waals surface area contributed by atoms with Crippen molar-refractivity contribution in [3.8, 4) is 0 Å². The summed E-state index contributed by atoms with van der Waals surface area (Å²) in [7, 11) is 0. The van der Waals surface area contributed by atoms with Crippen LogP contribution in [0.25, 0.3) is 0 Å². The van der Waals surface area contributed by atoms with Gasteiger partial charge in [-0.25, -0.2) is 0 Å². The number of hydrogen-bond donors (Lipinski definition) is 2. The predicted molar refractivity (Wildman–Crippen MR) is 99.2 cm³/mol. The van der Waals surface area contributed by atoms with Crippen LogP contribution in [0, 0.1) is 12.8 Å². The molecule has 2 unspecified atom stereocenters. The average Bonchev–Trinajstić information content (AvgIpc) is 2.62. The lowest BCUT2D eigenvalue weighted by Gasteiger charge is -2.31. The number of rotatable bonds is 4. The van der Waals surface area contributed by atoms with Gasteiger partial charge in [-0.3, -0.25) is 4.99 Å². The molecule has 0 amide bonds. The Morgan fingerprint density at radius 1 is 1.17 bits per heavy atom. The fourth-order valence-corrected chi connectivity index (χ4v) is 3.08. The van der Waals surface area contributed by atoms with Crippen molar-refractivity contribution >= 4 is 11.6 Å². The van der Waals surface area contributed by atoms with Gasteiger partial charge in [0.25, 0.3) is 0 Å². The van der Waals surface area contributed by atoms with Crippen LogP contribution in [0.4, 0.5) is 5.69 Å². The molecule has 1 fully saturated rings. The minimum Gasteiger partial charge on any atom is -0.373 e. The number of ether oxygens (including phenoxy) is 1. The Hall–Kier alpha value is -2.33. The maximum absolute atomic E-state index is 6.04. The Morgan fingerprint density at radius 3 is 2.67 bits per heavy atom. The third kappa shape index (κ3) is 4.36. The number of benzene rings is 2. The van der Waals surface area contributed by atoms with Gasteiger partial charge in [0.05, 0.1) is 6.10 Å². The molecule has 0 spiro atoms. The van der Waals surface area contributed by atoms with Crippen molar-refractivity contribution in [2.75, 3.05) is 18.5 Å². The zero-order valence-corrected chi connectivity index (χ0v) is 14.1. The van der Waals surface area contributed by atoms with Gasteiger partial charge in [0.15, 0.2) is 5.96 Å². The van der Waals surface area contributed by atoms with Crippen molar-refractivity contribution in [2.45, 2.75) is 25.9 Å². The van der Waals surface area contributed by atoms with Gasteiger partial charge in [0.2, 0.25) is 0 Å². The molecule has 0 saturated carbocycles. The molecule has 1 heterocycles. The maximum atomic E-state index is 6.04. The molecular formula is C20H25N3O. The second-order valence-electron chi connectivity index (χ2n) is 6.32.